The van der Waals surface area contributed by atoms with Gasteiger partial charge in [-0.05, 0) is 0 Å². The molecule has 0 N–H and O–H groups in total. The van der Waals surface area contributed by atoms with Crippen LogP contribution in [0.5, 0.6) is 0 Å². The van der Waals surface area contributed by atoms with Crippen LogP contribution in [-0.2, 0) is 20.0 Å². The molecule has 0 saturated heterocycles. The molecule has 0 amide bonds. The molecule has 0 unspecified atom stereocenters. The molecule has 0 aliphatic carbocycles. The normalized spacial score (nSPS) is 9.38. The van der Waals surface area contributed by atoms with Crippen LogP contribution in [0.1, 0.15) is 0 Å². The number of hydrogen-bond donors (Lipinski definition) is 0. The van der Waals surface area contributed by atoms with Crippen LogP contribution in [0.4, 0.5) is 0 Å². The monoisotopic (exact) mass is 289 g/mol. The fraction of sp³-hybridized carbons (Fsp3) is 0. The minimum atomic E-state index is 1.43. The van der Waals surface area contributed by atoms with E-state index in [0.29, 0.717) is 0 Å². The summed E-state index contributed by atoms with van der Waals surface area (Å²) in [5, 5.41) is 1.43. The van der Waals surface area contributed by atoms with Gasteiger partial charge in [0.2, 0.25) is 0 Å². The first-order valence-corrected chi connectivity index (χ1v) is 7.49. The molecule has 0 aliphatic heterocycles. The number of rotatable bonds is 1. The van der Waals surface area contributed by atoms with E-state index in [9.17, 15) is 0 Å². The van der Waals surface area contributed by atoms with Gasteiger partial charge >= 0.3 is 61.7 Å². The minimum absolute atomic E-state index is 1.43. The second kappa shape index (κ2) is 3.32. The second-order valence-electron chi connectivity index (χ2n) is 1.44. The zero-order chi connectivity index (χ0) is 5.82. The Kier molecular flexibility index (Phi) is 2.65. The van der Waals surface area contributed by atoms with Crippen molar-refractivity contribution in [1.82, 2.24) is 0 Å². The van der Waals surface area contributed by atoms with E-state index in [1.165, 1.54) is 31.3 Å². The zero-order valence-electron chi connectivity index (χ0n) is 4.28. The van der Waals surface area contributed by atoms with Gasteiger partial charge < -0.3 is 0 Å². The van der Waals surface area contributed by atoms with E-state index < -0.39 is 0 Å². The molecule has 8 heavy (non-hydrogen) atoms. The molecule has 0 nitrogen and oxygen atoms in total. The predicted molar refractivity (Wildman–Crippen MR) is 33.0 cm³/mol. The molecule has 0 aromatic heterocycles. The summed E-state index contributed by atoms with van der Waals surface area (Å²) < 4.78 is 0. The maximum atomic E-state index is 2.15. The summed E-state index contributed by atoms with van der Waals surface area (Å²) in [7, 11) is 0. The molecular weight excluding hydrogens is 284 g/mol. The fourth-order valence-electron chi connectivity index (χ4n) is 0.495. The summed E-state index contributed by atoms with van der Waals surface area (Å²) in [6.45, 7) is 0. The SMILES string of the molecule is [Ta]=[P]c1ccccc1. The zero-order valence-corrected chi connectivity index (χ0v) is 8.39. The van der Waals surface area contributed by atoms with E-state index in [2.05, 4.69) is 24.3 Å². The van der Waals surface area contributed by atoms with Gasteiger partial charge in [0.1, 0.15) is 0 Å². The molecule has 0 aliphatic rings. The van der Waals surface area contributed by atoms with E-state index in [1.807, 2.05) is 6.07 Å². The van der Waals surface area contributed by atoms with Crippen molar-refractivity contribution in [1.29, 1.82) is 0 Å². The van der Waals surface area contributed by atoms with Crippen LogP contribution in [0.15, 0.2) is 30.3 Å². The van der Waals surface area contributed by atoms with Crippen molar-refractivity contribution in [3.05, 3.63) is 30.3 Å². The Morgan fingerprint density at radius 2 is 1.75 bits per heavy atom. The molecule has 0 saturated carbocycles. The van der Waals surface area contributed by atoms with E-state index in [0.717, 1.165) is 0 Å². The van der Waals surface area contributed by atoms with Gasteiger partial charge in [-0.3, -0.25) is 0 Å². The summed E-state index contributed by atoms with van der Waals surface area (Å²) >= 11 is 1.43. The molecule has 2 heteroatoms. The third-order valence-electron chi connectivity index (χ3n) is 0.872. The van der Waals surface area contributed by atoms with Gasteiger partial charge in [0.15, 0.2) is 0 Å². The average Bonchev–Trinajstić information content (AvgIpc) is 1.90. The molecule has 0 atom stereocenters. The fourth-order valence-corrected chi connectivity index (χ4v) is 2.24. The van der Waals surface area contributed by atoms with E-state index in [4.69, 9.17) is 0 Å². The first-order chi connectivity index (χ1) is 3.93. The molecule has 1 aromatic rings. The molecule has 1 aromatic carbocycles. The van der Waals surface area contributed by atoms with Crippen molar-refractivity contribution in [2.75, 3.05) is 0 Å². The van der Waals surface area contributed by atoms with Gasteiger partial charge in [-0.1, -0.05) is 0 Å². The molecule has 0 heterocycles. The van der Waals surface area contributed by atoms with Crippen LogP contribution in [0.25, 0.3) is 0 Å². The summed E-state index contributed by atoms with van der Waals surface area (Å²) in [4.78, 5) is 0. The van der Waals surface area contributed by atoms with Gasteiger partial charge in [0.05, 0.1) is 0 Å². The molecule has 0 spiro atoms. The topological polar surface area (TPSA) is 0 Å². The summed E-state index contributed by atoms with van der Waals surface area (Å²) in [6.07, 6.45) is 0. The van der Waals surface area contributed by atoms with Crippen molar-refractivity contribution < 1.29 is 20.0 Å². The van der Waals surface area contributed by atoms with Crippen LogP contribution >= 0.6 is 6.01 Å². The van der Waals surface area contributed by atoms with Crippen molar-refractivity contribution in [2.24, 2.45) is 0 Å². The molecule has 0 fully saturated rings. The third kappa shape index (κ3) is 1.65. The Bertz CT molecular complexity index is 171. The van der Waals surface area contributed by atoms with Gasteiger partial charge in [-0.2, -0.15) is 0 Å². The van der Waals surface area contributed by atoms with Gasteiger partial charge in [0.25, 0.3) is 0 Å². The standard InChI is InChI=1S/C6H5P.Ta/c7-6-4-2-1-3-5-6;/h1-5H;. The van der Waals surface area contributed by atoms with Crippen molar-refractivity contribution >= 4 is 11.3 Å². The first-order valence-electron chi connectivity index (χ1n) is 2.33. The Balaban J connectivity index is 2.99. The maximum absolute atomic E-state index is 2.15. The predicted octanol–water partition coefficient (Wildman–Crippen LogP) is 1.72. The van der Waals surface area contributed by atoms with Crippen LogP contribution in [0.3, 0.4) is 0 Å². The number of benzene rings is 1. The Hall–Kier alpha value is 0.260. The molecular formula is C6H5PTa. The van der Waals surface area contributed by atoms with Gasteiger partial charge in [0, 0.05) is 0 Å². The molecule has 39 valence electrons. The molecule has 0 radical (unpaired) electrons. The van der Waals surface area contributed by atoms with E-state index >= 15 is 0 Å². The average molecular weight is 289 g/mol. The van der Waals surface area contributed by atoms with Crippen LogP contribution in [-0.4, -0.2) is 0 Å². The quantitative estimate of drug-likeness (QED) is 0.691. The van der Waals surface area contributed by atoms with Gasteiger partial charge in [-0.25, -0.2) is 0 Å². The summed E-state index contributed by atoms with van der Waals surface area (Å²) in [5.74, 6) is 0. The third-order valence-corrected chi connectivity index (χ3v) is 3.89. The summed E-state index contributed by atoms with van der Waals surface area (Å²) in [6, 6.07) is 12.0. The van der Waals surface area contributed by atoms with Crippen molar-refractivity contribution in [2.45, 2.75) is 0 Å². The van der Waals surface area contributed by atoms with E-state index in [1.54, 1.807) is 0 Å². The van der Waals surface area contributed by atoms with Crippen molar-refractivity contribution in [3.8, 4) is 0 Å². The molecule has 1 rings (SSSR count). The van der Waals surface area contributed by atoms with E-state index in [-0.39, 0.29) is 0 Å². The first kappa shape index (κ1) is 6.38. The van der Waals surface area contributed by atoms with Crippen LogP contribution in [0, 0.1) is 0 Å². The van der Waals surface area contributed by atoms with Crippen LogP contribution in [0.2, 0.25) is 0 Å². The summed E-state index contributed by atoms with van der Waals surface area (Å²) in [5.41, 5.74) is 0. The Morgan fingerprint density at radius 3 is 2.12 bits per heavy atom. The number of hydrogen-bond acceptors (Lipinski definition) is 0. The van der Waals surface area contributed by atoms with Crippen molar-refractivity contribution in [3.63, 3.8) is 0 Å². The molecule has 0 bridgehead atoms. The second-order valence-corrected chi connectivity index (χ2v) is 4.31. The van der Waals surface area contributed by atoms with Crippen LogP contribution < -0.4 is 5.30 Å². The Morgan fingerprint density at radius 1 is 1.12 bits per heavy atom. The Labute approximate surface area is 61.8 Å². The van der Waals surface area contributed by atoms with Gasteiger partial charge in [-0.15, -0.1) is 0 Å².